The van der Waals surface area contributed by atoms with E-state index in [1.54, 1.807) is 5.57 Å². The third-order valence-electron chi connectivity index (χ3n) is 6.04. The van der Waals surface area contributed by atoms with Gasteiger partial charge in [0, 0.05) is 5.92 Å². The summed E-state index contributed by atoms with van der Waals surface area (Å²) in [5.41, 5.74) is 3.95. The first-order chi connectivity index (χ1) is 8.89. The van der Waals surface area contributed by atoms with Crippen LogP contribution in [-0.2, 0) is 4.74 Å². The Kier molecular flexibility index (Phi) is 2.80. The fourth-order valence-electron chi connectivity index (χ4n) is 5.26. The van der Waals surface area contributed by atoms with E-state index in [1.165, 1.54) is 77.0 Å². The molecule has 0 aromatic heterocycles. The number of ether oxygens (including phenoxy) is 1. The Labute approximate surface area is 111 Å². The summed E-state index contributed by atoms with van der Waals surface area (Å²) < 4.78 is 6.75. The summed E-state index contributed by atoms with van der Waals surface area (Å²) in [7, 11) is 0. The van der Waals surface area contributed by atoms with E-state index in [0.29, 0.717) is 11.7 Å². The first-order valence-electron chi connectivity index (χ1n) is 8.29. The van der Waals surface area contributed by atoms with Crippen LogP contribution in [0.2, 0.25) is 0 Å². The van der Waals surface area contributed by atoms with Crippen molar-refractivity contribution >= 4 is 0 Å². The molecule has 0 saturated heterocycles. The van der Waals surface area contributed by atoms with Crippen LogP contribution in [0.4, 0.5) is 0 Å². The molecular weight excluding hydrogens is 220 g/mol. The van der Waals surface area contributed by atoms with Crippen molar-refractivity contribution in [2.45, 2.75) is 88.8 Å². The lowest BCUT2D eigenvalue weighted by Crippen LogP contribution is -2.48. The van der Waals surface area contributed by atoms with Gasteiger partial charge in [-0.15, -0.1) is 0 Å². The van der Waals surface area contributed by atoms with Gasteiger partial charge in [-0.25, -0.2) is 0 Å². The van der Waals surface area contributed by atoms with Crippen molar-refractivity contribution in [3.8, 4) is 0 Å². The molecule has 3 saturated carbocycles. The average molecular weight is 246 g/mol. The maximum atomic E-state index is 6.75. The van der Waals surface area contributed by atoms with Gasteiger partial charge in [0.05, 0.1) is 11.7 Å². The van der Waals surface area contributed by atoms with Crippen LogP contribution in [0.5, 0.6) is 0 Å². The predicted molar refractivity (Wildman–Crippen MR) is 73.5 cm³/mol. The molecule has 18 heavy (non-hydrogen) atoms. The van der Waals surface area contributed by atoms with Crippen LogP contribution in [0.3, 0.4) is 0 Å². The van der Waals surface area contributed by atoms with E-state index >= 15 is 0 Å². The van der Waals surface area contributed by atoms with Crippen molar-refractivity contribution in [3.63, 3.8) is 0 Å². The Bertz CT molecular complexity index is 362. The highest BCUT2D eigenvalue weighted by Crippen LogP contribution is 2.54. The third kappa shape index (κ3) is 1.62. The summed E-state index contributed by atoms with van der Waals surface area (Å²) in [6.45, 7) is 0. The van der Waals surface area contributed by atoms with Crippen molar-refractivity contribution in [1.29, 1.82) is 0 Å². The topological polar surface area (TPSA) is 9.23 Å². The largest absolute Gasteiger partial charge is 0.367 e. The molecule has 0 bridgehead atoms. The minimum absolute atomic E-state index is 0.293. The standard InChI is InChI=1S/C17H26O/c1-3-9-15-13(7-1)14-8-2-4-10-16(14)18-17(15)11-5-6-12-17/h15-16H,1-12H2. The molecule has 0 N–H and O–H groups in total. The zero-order chi connectivity index (χ0) is 12.0. The number of hydrogen-bond acceptors (Lipinski definition) is 1. The zero-order valence-electron chi connectivity index (χ0n) is 11.5. The minimum Gasteiger partial charge on any atom is -0.367 e. The minimum atomic E-state index is 0.293. The molecule has 1 heterocycles. The first-order valence-corrected chi connectivity index (χ1v) is 8.29. The molecule has 100 valence electrons. The molecule has 1 spiro atoms. The predicted octanol–water partition coefficient (Wildman–Crippen LogP) is 4.76. The molecular formula is C17H26O. The van der Waals surface area contributed by atoms with Crippen LogP contribution in [0.1, 0.15) is 77.0 Å². The summed E-state index contributed by atoms with van der Waals surface area (Å²) in [6.07, 6.45) is 17.2. The molecule has 3 fully saturated rings. The SMILES string of the molecule is C1CCC2OC3(CCCC3)C3CCCCC3=C2C1. The van der Waals surface area contributed by atoms with Gasteiger partial charge >= 0.3 is 0 Å². The van der Waals surface area contributed by atoms with Gasteiger partial charge in [-0.3, -0.25) is 0 Å². The van der Waals surface area contributed by atoms with Crippen molar-refractivity contribution in [3.05, 3.63) is 11.1 Å². The van der Waals surface area contributed by atoms with Gasteiger partial charge in [-0.1, -0.05) is 31.3 Å². The highest BCUT2D eigenvalue weighted by atomic mass is 16.5. The van der Waals surface area contributed by atoms with E-state index in [9.17, 15) is 0 Å². The van der Waals surface area contributed by atoms with Gasteiger partial charge < -0.3 is 4.74 Å². The van der Waals surface area contributed by atoms with Crippen LogP contribution >= 0.6 is 0 Å². The Morgan fingerprint density at radius 2 is 1.50 bits per heavy atom. The molecule has 0 radical (unpaired) electrons. The molecule has 1 heteroatoms. The molecule has 0 aromatic carbocycles. The number of fused-ring (bicyclic) bond motifs is 3. The highest BCUT2D eigenvalue weighted by Gasteiger charge is 2.50. The summed E-state index contributed by atoms with van der Waals surface area (Å²) in [5.74, 6) is 0.818. The van der Waals surface area contributed by atoms with Gasteiger partial charge in [0.15, 0.2) is 0 Å². The van der Waals surface area contributed by atoms with E-state index in [2.05, 4.69) is 0 Å². The maximum Gasteiger partial charge on any atom is 0.0795 e. The van der Waals surface area contributed by atoms with Gasteiger partial charge in [0.2, 0.25) is 0 Å². The van der Waals surface area contributed by atoms with Gasteiger partial charge in [0.25, 0.3) is 0 Å². The summed E-state index contributed by atoms with van der Waals surface area (Å²) in [4.78, 5) is 0. The smallest absolute Gasteiger partial charge is 0.0795 e. The van der Waals surface area contributed by atoms with Gasteiger partial charge in [-0.2, -0.15) is 0 Å². The molecule has 4 rings (SSSR count). The van der Waals surface area contributed by atoms with E-state index < -0.39 is 0 Å². The second-order valence-corrected chi connectivity index (χ2v) is 6.97. The normalized spacial score (nSPS) is 38.7. The van der Waals surface area contributed by atoms with Crippen LogP contribution in [0.15, 0.2) is 11.1 Å². The van der Waals surface area contributed by atoms with Crippen LogP contribution in [0, 0.1) is 5.92 Å². The summed E-state index contributed by atoms with van der Waals surface area (Å²) >= 11 is 0. The van der Waals surface area contributed by atoms with Gasteiger partial charge in [-0.05, 0) is 56.9 Å². The summed E-state index contributed by atoms with van der Waals surface area (Å²) in [5, 5.41) is 0. The third-order valence-corrected chi connectivity index (χ3v) is 6.04. The first kappa shape index (κ1) is 11.5. The molecule has 1 nitrogen and oxygen atoms in total. The monoisotopic (exact) mass is 246 g/mol. The Morgan fingerprint density at radius 1 is 0.778 bits per heavy atom. The maximum absolute atomic E-state index is 6.75. The molecule has 2 unspecified atom stereocenters. The number of hydrogen-bond donors (Lipinski definition) is 0. The van der Waals surface area contributed by atoms with Crippen molar-refractivity contribution in [1.82, 2.24) is 0 Å². The van der Waals surface area contributed by atoms with Crippen LogP contribution < -0.4 is 0 Å². The van der Waals surface area contributed by atoms with Crippen molar-refractivity contribution in [2.75, 3.05) is 0 Å². The number of rotatable bonds is 0. The molecule has 2 atom stereocenters. The van der Waals surface area contributed by atoms with Crippen molar-refractivity contribution < 1.29 is 4.74 Å². The highest BCUT2D eigenvalue weighted by molar-refractivity contribution is 5.30. The fourth-order valence-corrected chi connectivity index (χ4v) is 5.26. The van der Waals surface area contributed by atoms with E-state index in [4.69, 9.17) is 4.74 Å². The lowest BCUT2D eigenvalue weighted by molar-refractivity contribution is -0.128. The lowest BCUT2D eigenvalue weighted by Gasteiger charge is -2.50. The molecule has 0 amide bonds. The Balaban J connectivity index is 1.75. The van der Waals surface area contributed by atoms with E-state index in [1.807, 2.05) is 5.57 Å². The second-order valence-electron chi connectivity index (χ2n) is 6.97. The van der Waals surface area contributed by atoms with Gasteiger partial charge in [0.1, 0.15) is 0 Å². The lowest BCUT2D eigenvalue weighted by atomic mass is 9.67. The van der Waals surface area contributed by atoms with Crippen molar-refractivity contribution in [2.24, 2.45) is 5.92 Å². The van der Waals surface area contributed by atoms with E-state index in [-0.39, 0.29) is 0 Å². The van der Waals surface area contributed by atoms with Crippen LogP contribution in [-0.4, -0.2) is 11.7 Å². The molecule has 3 aliphatic carbocycles. The molecule has 1 aliphatic heterocycles. The van der Waals surface area contributed by atoms with Crippen LogP contribution in [0.25, 0.3) is 0 Å². The summed E-state index contributed by atoms with van der Waals surface area (Å²) in [6, 6.07) is 0. The second kappa shape index (κ2) is 4.37. The van der Waals surface area contributed by atoms with E-state index in [0.717, 1.165) is 5.92 Å². The zero-order valence-corrected chi connectivity index (χ0v) is 11.5. The fraction of sp³-hybridized carbons (Fsp3) is 0.882. The Hall–Kier alpha value is -0.300. The molecule has 0 aromatic rings. The Morgan fingerprint density at radius 3 is 2.33 bits per heavy atom. The quantitative estimate of drug-likeness (QED) is 0.560. The molecule has 4 aliphatic rings. The average Bonchev–Trinajstić information content (AvgIpc) is 2.89.